The maximum atomic E-state index is 13.9. The summed E-state index contributed by atoms with van der Waals surface area (Å²) in [5.41, 5.74) is 2.83. The first kappa shape index (κ1) is 36.9. The van der Waals surface area contributed by atoms with E-state index in [1.54, 1.807) is 13.8 Å². The molecule has 11 heteroatoms. The molecule has 0 aliphatic rings. The van der Waals surface area contributed by atoms with Gasteiger partial charge in [0.15, 0.2) is 0 Å². The number of aliphatic hydroxyl groups excluding tert-OH is 1. The highest BCUT2D eigenvalue weighted by Crippen LogP contribution is 2.48. The maximum Gasteiger partial charge on any atom is 0.408 e. The largest absolute Gasteiger partial charge is 0.467 e. The van der Waals surface area contributed by atoms with Crippen molar-refractivity contribution < 1.29 is 33.8 Å². The van der Waals surface area contributed by atoms with Crippen LogP contribution in [0.5, 0.6) is 0 Å². The number of carbonyl (C=O) groups is 4. The highest BCUT2D eigenvalue weighted by atomic mass is 32.2. The number of rotatable bonds is 16. The van der Waals surface area contributed by atoms with Crippen LogP contribution in [0.15, 0.2) is 104 Å². The Morgan fingerprint density at radius 2 is 1.26 bits per heavy atom. The van der Waals surface area contributed by atoms with Gasteiger partial charge in [0.05, 0.1) is 18.0 Å². The van der Waals surface area contributed by atoms with Crippen LogP contribution in [0.25, 0.3) is 0 Å². The Morgan fingerprint density at radius 3 is 1.66 bits per heavy atom. The standard InChI is InChI=1S/C36H43N3O7S/c1-6-22-46-35(44)37-29(32(41)39-31(25(4)40)33(42)38-30(24(2)3)34(43)45-5)23-47-36(26-16-10-7-11-17-26,27-18-12-8-13-19-27)28-20-14-9-15-21-28/h6-21,24-25,29-31,40H,1,22-23H2,2-5H3,(H,37,44)(H,38,42)(H,39,41)/t25-,29-,30+,31+/m1/s1. The predicted octanol–water partition coefficient (Wildman–Crippen LogP) is 4.17. The second kappa shape index (κ2) is 17.9. The SMILES string of the molecule is C=CCOC(=O)N[C@H](CSC(c1ccccc1)(c1ccccc1)c1ccccc1)C(=O)N[C@H](C(=O)N[C@H](C(=O)OC)C(C)C)[C@@H](C)O. The van der Waals surface area contributed by atoms with Crippen molar-refractivity contribution in [3.8, 4) is 0 Å². The summed E-state index contributed by atoms with van der Waals surface area (Å²) >= 11 is 1.42. The maximum absolute atomic E-state index is 13.9. The van der Waals surface area contributed by atoms with Gasteiger partial charge in [-0.2, -0.15) is 0 Å². The molecule has 47 heavy (non-hydrogen) atoms. The normalized spacial score (nSPS) is 13.7. The second-order valence-electron chi connectivity index (χ2n) is 11.2. The van der Waals surface area contributed by atoms with Crippen LogP contribution in [0.3, 0.4) is 0 Å². The monoisotopic (exact) mass is 661 g/mol. The van der Waals surface area contributed by atoms with Gasteiger partial charge < -0.3 is 30.5 Å². The van der Waals surface area contributed by atoms with Crippen molar-refractivity contribution in [2.75, 3.05) is 19.5 Å². The number of hydrogen-bond acceptors (Lipinski definition) is 8. The van der Waals surface area contributed by atoms with Crippen molar-refractivity contribution in [2.45, 2.75) is 49.7 Å². The molecule has 0 radical (unpaired) electrons. The fourth-order valence-electron chi connectivity index (χ4n) is 5.01. The van der Waals surface area contributed by atoms with Gasteiger partial charge in [-0.05, 0) is 29.5 Å². The topological polar surface area (TPSA) is 143 Å². The highest BCUT2D eigenvalue weighted by molar-refractivity contribution is 8.00. The third kappa shape index (κ3) is 9.69. The summed E-state index contributed by atoms with van der Waals surface area (Å²) < 4.78 is 9.13. The van der Waals surface area contributed by atoms with E-state index in [0.717, 1.165) is 16.7 Å². The average Bonchev–Trinajstić information content (AvgIpc) is 3.08. The number of nitrogens with one attached hydrogen (secondary N) is 3. The van der Waals surface area contributed by atoms with E-state index in [4.69, 9.17) is 9.47 Å². The molecule has 0 saturated heterocycles. The number of esters is 1. The number of hydrogen-bond donors (Lipinski definition) is 4. The minimum Gasteiger partial charge on any atom is -0.467 e. The number of alkyl carbamates (subject to hydrolysis) is 1. The molecule has 250 valence electrons. The molecular weight excluding hydrogens is 618 g/mol. The zero-order chi connectivity index (χ0) is 34.4. The van der Waals surface area contributed by atoms with Crippen molar-refractivity contribution in [2.24, 2.45) is 5.92 Å². The van der Waals surface area contributed by atoms with Crippen molar-refractivity contribution in [3.63, 3.8) is 0 Å². The van der Waals surface area contributed by atoms with Crippen LogP contribution in [0.2, 0.25) is 0 Å². The molecule has 0 heterocycles. The number of amides is 3. The lowest BCUT2D eigenvalue weighted by atomic mass is 9.84. The fraction of sp³-hybridized carbons (Fsp3) is 0.333. The molecule has 3 rings (SSSR count). The molecule has 0 spiro atoms. The molecule has 0 aliphatic heterocycles. The molecule has 0 fully saturated rings. The van der Waals surface area contributed by atoms with Gasteiger partial charge in [-0.25, -0.2) is 9.59 Å². The van der Waals surface area contributed by atoms with E-state index in [0.29, 0.717) is 0 Å². The Hall–Kier alpha value is -4.61. The van der Waals surface area contributed by atoms with Gasteiger partial charge in [0, 0.05) is 5.75 Å². The first-order valence-electron chi connectivity index (χ1n) is 15.3. The first-order chi connectivity index (χ1) is 22.5. The quantitative estimate of drug-likeness (QED) is 0.102. The van der Waals surface area contributed by atoms with Gasteiger partial charge in [-0.3, -0.25) is 9.59 Å². The van der Waals surface area contributed by atoms with Crippen LogP contribution in [0.1, 0.15) is 37.5 Å². The van der Waals surface area contributed by atoms with Gasteiger partial charge in [-0.15, -0.1) is 11.8 Å². The second-order valence-corrected chi connectivity index (χ2v) is 12.4. The number of ether oxygens (including phenoxy) is 2. The molecule has 3 aromatic carbocycles. The van der Waals surface area contributed by atoms with E-state index < -0.39 is 52.9 Å². The smallest absolute Gasteiger partial charge is 0.408 e. The minimum absolute atomic E-state index is 0.0264. The molecule has 0 bridgehead atoms. The molecule has 10 nitrogen and oxygen atoms in total. The van der Waals surface area contributed by atoms with E-state index in [1.807, 2.05) is 91.0 Å². The fourth-order valence-corrected chi connectivity index (χ4v) is 6.56. The number of carbonyl (C=O) groups excluding carboxylic acids is 4. The molecule has 4 N–H and O–H groups in total. The molecule has 3 aromatic rings. The average molecular weight is 662 g/mol. The van der Waals surface area contributed by atoms with Crippen molar-refractivity contribution >= 4 is 35.6 Å². The number of thioether (sulfide) groups is 1. The zero-order valence-electron chi connectivity index (χ0n) is 27.1. The summed E-state index contributed by atoms with van der Waals surface area (Å²) in [4.78, 5) is 52.3. The zero-order valence-corrected chi connectivity index (χ0v) is 27.9. The number of methoxy groups -OCH3 is 1. The highest BCUT2D eigenvalue weighted by Gasteiger charge is 2.40. The Bertz CT molecular complexity index is 1370. The van der Waals surface area contributed by atoms with Crippen molar-refractivity contribution in [3.05, 3.63) is 120 Å². The van der Waals surface area contributed by atoms with Crippen LogP contribution in [-0.4, -0.2) is 72.7 Å². The van der Waals surface area contributed by atoms with E-state index in [-0.39, 0.29) is 18.3 Å². The summed E-state index contributed by atoms with van der Waals surface area (Å²) in [7, 11) is 1.21. The first-order valence-corrected chi connectivity index (χ1v) is 16.2. The Kier molecular flexibility index (Phi) is 14.0. The molecule has 0 aliphatic carbocycles. The number of benzene rings is 3. The molecule has 3 amide bonds. The molecule has 4 atom stereocenters. The Balaban J connectivity index is 2.01. The van der Waals surface area contributed by atoms with E-state index in [2.05, 4.69) is 22.5 Å². The van der Waals surface area contributed by atoms with E-state index in [9.17, 15) is 24.3 Å². The molecular formula is C36H43N3O7S. The Morgan fingerprint density at radius 1 is 0.787 bits per heavy atom. The molecule has 0 unspecified atom stereocenters. The summed E-state index contributed by atoms with van der Waals surface area (Å²) in [6.45, 7) is 8.26. The minimum atomic E-state index is -1.45. The van der Waals surface area contributed by atoms with Gasteiger partial charge in [0.1, 0.15) is 24.7 Å². The van der Waals surface area contributed by atoms with Crippen molar-refractivity contribution in [1.82, 2.24) is 16.0 Å². The third-order valence-corrected chi connectivity index (χ3v) is 9.07. The van der Waals surface area contributed by atoms with Crippen LogP contribution in [0.4, 0.5) is 4.79 Å². The van der Waals surface area contributed by atoms with Gasteiger partial charge in [0.25, 0.3) is 0 Å². The lowest BCUT2D eigenvalue weighted by Crippen LogP contribution is -2.60. The van der Waals surface area contributed by atoms with Gasteiger partial charge in [-0.1, -0.05) is 117 Å². The molecule has 0 saturated carbocycles. The van der Waals surface area contributed by atoms with Crippen LogP contribution in [0, 0.1) is 5.92 Å². The van der Waals surface area contributed by atoms with Crippen LogP contribution >= 0.6 is 11.8 Å². The summed E-state index contributed by atoms with van der Waals surface area (Å²) in [5, 5.41) is 18.3. The van der Waals surface area contributed by atoms with Crippen LogP contribution in [-0.2, 0) is 28.6 Å². The summed E-state index contributed by atoms with van der Waals surface area (Å²) in [6, 6.07) is 25.8. The van der Waals surface area contributed by atoms with E-state index in [1.165, 1.54) is 31.9 Å². The predicted molar refractivity (Wildman–Crippen MR) is 183 cm³/mol. The Labute approximate surface area is 280 Å². The van der Waals surface area contributed by atoms with Gasteiger partial charge >= 0.3 is 12.1 Å². The van der Waals surface area contributed by atoms with Crippen molar-refractivity contribution in [1.29, 1.82) is 0 Å². The number of aliphatic hydroxyl groups is 1. The lowest BCUT2D eigenvalue weighted by Gasteiger charge is -2.36. The summed E-state index contributed by atoms with van der Waals surface area (Å²) in [6.07, 6.45) is -0.809. The molecule has 0 aromatic heterocycles. The van der Waals surface area contributed by atoms with Crippen LogP contribution < -0.4 is 16.0 Å². The van der Waals surface area contributed by atoms with E-state index >= 15 is 0 Å². The van der Waals surface area contributed by atoms with Gasteiger partial charge in [0.2, 0.25) is 11.8 Å². The third-order valence-electron chi connectivity index (χ3n) is 7.43. The summed E-state index contributed by atoms with van der Waals surface area (Å²) in [5.74, 6) is -2.49. The lowest BCUT2D eigenvalue weighted by molar-refractivity contribution is -0.147.